The molecule has 0 spiro atoms. The van der Waals surface area contributed by atoms with E-state index in [9.17, 15) is 40.2 Å². The zero-order valence-electron chi connectivity index (χ0n) is 23.0. The predicted octanol–water partition coefficient (Wildman–Crippen LogP) is 7.50. The van der Waals surface area contributed by atoms with Crippen LogP contribution < -0.4 is 9.47 Å². The van der Waals surface area contributed by atoms with Gasteiger partial charge in [-0.15, -0.1) is 0 Å². The van der Waals surface area contributed by atoms with Gasteiger partial charge in [-0.3, -0.25) is 0 Å². The SMILES string of the molecule is C=Cc1ccc(-c2cc(OC)ccc2F)nc1C(F)(F)F.COc1ccc(F)c(-c2ccc([C@H](O)CO)c(C(F)(F)F)n2)c1. The van der Waals surface area contributed by atoms with E-state index in [1.54, 1.807) is 0 Å². The molecule has 0 aliphatic heterocycles. The van der Waals surface area contributed by atoms with Gasteiger partial charge in [0.15, 0.2) is 11.4 Å². The van der Waals surface area contributed by atoms with Crippen LogP contribution in [0.15, 0.2) is 67.2 Å². The summed E-state index contributed by atoms with van der Waals surface area (Å²) in [5, 5.41) is 18.3. The van der Waals surface area contributed by atoms with Gasteiger partial charge < -0.3 is 19.7 Å². The Morgan fingerprint density at radius 1 is 0.750 bits per heavy atom. The van der Waals surface area contributed by atoms with Crippen molar-refractivity contribution in [3.63, 3.8) is 0 Å². The van der Waals surface area contributed by atoms with Crippen molar-refractivity contribution in [2.75, 3.05) is 20.8 Å². The van der Waals surface area contributed by atoms with E-state index in [1.807, 2.05) is 0 Å². The van der Waals surface area contributed by atoms with E-state index < -0.39 is 53.6 Å². The Morgan fingerprint density at radius 2 is 1.20 bits per heavy atom. The van der Waals surface area contributed by atoms with Gasteiger partial charge in [-0.25, -0.2) is 18.7 Å². The minimum Gasteiger partial charge on any atom is -0.497 e. The van der Waals surface area contributed by atoms with Gasteiger partial charge in [0.1, 0.15) is 29.2 Å². The number of aromatic nitrogens is 2. The number of alkyl halides is 6. The van der Waals surface area contributed by atoms with Crippen molar-refractivity contribution in [2.45, 2.75) is 18.5 Å². The minimum atomic E-state index is -4.86. The molecule has 2 N–H and O–H groups in total. The van der Waals surface area contributed by atoms with Crippen molar-refractivity contribution in [1.29, 1.82) is 0 Å². The quantitative estimate of drug-likeness (QED) is 0.206. The van der Waals surface area contributed by atoms with Gasteiger partial charge in [-0.2, -0.15) is 26.3 Å². The highest BCUT2D eigenvalue weighted by Gasteiger charge is 2.38. The highest BCUT2D eigenvalue weighted by Crippen LogP contribution is 2.36. The second-order valence-corrected chi connectivity index (χ2v) is 8.86. The van der Waals surface area contributed by atoms with Gasteiger partial charge in [-0.05, 0) is 48.5 Å². The van der Waals surface area contributed by atoms with E-state index in [0.29, 0.717) is 5.75 Å². The number of hydrogen-bond acceptors (Lipinski definition) is 6. The van der Waals surface area contributed by atoms with Crippen molar-refractivity contribution in [1.82, 2.24) is 9.97 Å². The Hall–Kier alpha value is -4.56. The molecular formula is C30H24F8N2O4. The topological polar surface area (TPSA) is 84.7 Å². The van der Waals surface area contributed by atoms with Crippen LogP contribution in [0.1, 0.15) is 28.6 Å². The summed E-state index contributed by atoms with van der Waals surface area (Å²) in [6.45, 7) is 2.43. The first-order chi connectivity index (χ1) is 20.6. The molecule has 0 unspecified atom stereocenters. The molecule has 0 radical (unpaired) electrons. The fraction of sp³-hybridized carbons (Fsp3) is 0.200. The van der Waals surface area contributed by atoms with E-state index in [-0.39, 0.29) is 33.8 Å². The first-order valence-electron chi connectivity index (χ1n) is 12.4. The predicted molar refractivity (Wildman–Crippen MR) is 145 cm³/mol. The third-order valence-electron chi connectivity index (χ3n) is 6.04. The molecule has 1 atom stereocenters. The maximum Gasteiger partial charge on any atom is 0.433 e. The summed E-state index contributed by atoms with van der Waals surface area (Å²) in [7, 11) is 2.72. The monoisotopic (exact) mass is 628 g/mol. The Balaban J connectivity index is 0.000000241. The van der Waals surface area contributed by atoms with Crippen LogP contribution in [0, 0.1) is 11.6 Å². The summed E-state index contributed by atoms with van der Waals surface area (Å²) in [5.74, 6) is -0.851. The lowest BCUT2D eigenvalue weighted by molar-refractivity contribution is -0.143. The number of aliphatic hydroxyl groups is 2. The Morgan fingerprint density at radius 3 is 1.61 bits per heavy atom. The second-order valence-electron chi connectivity index (χ2n) is 8.86. The molecule has 4 aromatic rings. The molecule has 14 heteroatoms. The normalized spacial score (nSPS) is 12.2. The van der Waals surface area contributed by atoms with Crippen LogP contribution >= 0.6 is 0 Å². The molecule has 0 aliphatic carbocycles. The highest BCUT2D eigenvalue weighted by molar-refractivity contribution is 5.65. The van der Waals surface area contributed by atoms with Crippen LogP contribution in [0.4, 0.5) is 35.1 Å². The second kappa shape index (κ2) is 13.8. The van der Waals surface area contributed by atoms with Crippen LogP contribution in [0.3, 0.4) is 0 Å². The molecule has 234 valence electrons. The summed E-state index contributed by atoms with van der Waals surface area (Å²) >= 11 is 0. The van der Waals surface area contributed by atoms with E-state index >= 15 is 0 Å². The Kier molecular flexibility index (Phi) is 10.7. The van der Waals surface area contributed by atoms with Gasteiger partial charge in [0, 0.05) is 22.3 Å². The molecule has 6 nitrogen and oxygen atoms in total. The van der Waals surface area contributed by atoms with Crippen molar-refractivity contribution < 1.29 is 54.8 Å². The molecular weight excluding hydrogens is 604 g/mol. The summed E-state index contributed by atoms with van der Waals surface area (Å²) in [6, 6.07) is 12.0. The molecule has 0 bridgehead atoms. The van der Waals surface area contributed by atoms with Crippen molar-refractivity contribution in [3.05, 3.63) is 101 Å². The zero-order valence-corrected chi connectivity index (χ0v) is 23.0. The molecule has 0 amide bonds. The largest absolute Gasteiger partial charge is 0.497 e. The number of benzene rings is 2. The average Bonchev–Trinajstić information content (AvgIpc) is 3.00. The highest BCUT2D eigenvalue weighted by atomic mass is 19.4. The van der Waals surface area contributed by atoms with Crippen molar-refractivity contribution in [2.24, 2.45) is 0 Å². The number of nitrogens with zero attached hydrogens (tertiary/aromatic N) is 2. The van der Waals surface area contributed by atoms with E-state index in [1.165, 1.54) is 50.6 Å². The molecule has 4 rings (SSSR count). The first kappa shape index (κ1) is 33.9. The fourth-order valence-corrected chi connectivity index (χ4v) is 3.88. The maximum absolute atomic E-state index is 13.9. The van der Waals surface area contributed by atoms with Crippen LogP contribution in [0.2, 0.25) is 0 Å². The lowest BCUT2D eigenvalue weighted by atomic mass is 10.0. The molecule has 2 aromatic carbocycles. The smallest absolute Gasteiger partial charge is 0.433 e. The number of pyridine rings is 2. The third kappa shape index (κ3) is 7.88. The number of methoxy groups -OCH3 is 2. The van der Waals surface area contributed by atoms with Gasteiger partial charge >= 0.3 is 12.4 Å². The van der Waals surface area contributed by atoms with Crippen LogP contribution in [0.5, 0.6) is 11.5 Å². The first-order valence-corrected chi connectivity index (χ1v) is 12.4. The van der Waals surface area contributed by atoms with Crippen LogP contribution in [0.25, 0.3) is 28.6 Å². The molecule has 0 aliphatic rings. The number of rotatable bonds is 7. The lowest BCUT2D eigenvalue weighted by Crippen LogP contribution is -2.16. The summed E-state index contributed by atoms with van der Waals surface area (Å²) in [5.41, 5.74) is -3.82. The lowest BCUT2D eigenvalue weighted by Gasteiger charge is -2.16. The molecule has 0 saturated heterocycles. The number of aliphatic hydroxyl groups excluding tert-OH is 2. The fourth-order valence-electron chi connectivity index (χ4n) is 3.88. The van der Waals surface area contributed by atoms with E-state index in [4.69, 9.17) is 14.6 Å². The molecule has 2 heterocycles. The molecule has 0 fully saturated rings. The van der Waals surface area contributed by atoms with Crippen LogP contribution in [-0.4, -0.2) is 41.0 Å². The van der Waals surface area contributed by atoms with Crippen molar-refractivity contribution in [3.8, 4) is 34.0 Å². The molecule has 0 saturated carbocycles. The van der Waals surface area contributed by atoms with E-state index in [2.05, 4.69) is 16.5 Å². The van der Waals surface area contributed by atoms with Gasteiger partial charge in [0.25, 0.3) is 0 Å². The summed E-state index contributed by atoms with van der Waals surface area (Å²) in [4.78, 5) is 6.96. The number of ether oxygens (including phenoxy) is 2. The van der Waals surface area contributed by atoms with E-state index in [0.717, 1.165) is 30.3 Å². The van der Waals surface area contributed by atoms with Gasteiger partial charge in [0.05, 0.1) is 32.2 Å². The standard InChI is InChI=1S/C15H13F4NO3.C15H11F4NO/c1-23-8-2-4-11(16)10(6-8)12-5-3-9(13(22)7-21)14(20-12)15(17,18)19;1-3-9-4-7-13(20-14(9)15(17,18)19)11-8-10(21-2)5-6-12(11)16/h2-6,13,21-22H,7H2,1H3;3-8H,1H2,2H3/t13-;/m1./s1. The number of halogens is 8. The van der Waals surface area contributed by atoms with Crippen LogP contribution in [-0.2, 0) is 12.4 Å². The third-order valence-corrected chi connectivity index (χ3v) is 6.04. The zero-order chi connectivity index (χ0) is 32.8. The van der Waals surface area contributed by atoms with Gasteiger partial charge in [-0.1, -0.05) is 24.8 Å². The van der Waals surface area contributed by atoms with Crippen molar-refractivity contribution >= 4 is 6.08 Å². The summed E-state index contributed by atoms with van der Waals surface area (Å²) < 4.78 is 116. The average molecular weight is 629 g/mol. The summed E-state index contributed by atoms with van der Waals surface area (Å²) in [6.07, 6.45) is -10.2. The molecule has 2 aromatic heterocycles. The Bertz CT molecular complexity index is 1620. The molecule has 44 heavy (non-hydrogen) atoms. The minimum absolute atomic E-state index is 0.0598. The van der Waals surface area contributed by atoms with Gasteiger partial charge in [0.2, 0.25) is 0 Å². The Labute approximate surface area is 245 Å². The number of hydrogen-bond donors (Lipinski definition) is 2. The maximum atomic E-state index is 13.9.